The second-order valence-electron chi connectivity index (χ2n) is 4.79. The fraction of sp³-hybridized carbons (Fsp3) is 0.667. The summed E-state index contributed by atoms with van der Waals surface area (Å²) in [7, 11) is -2.50. The molecule has 1 aliphatic heterocycles. The monoisotopic (exact) mass is 408 g/mol. The minimum atomic E-state index is -5.84. The molecule has 0 amide bonds. The Morgan fingerprint density at radius 1 is 1.32 bits per heavy atom. The molecule has 1 heterocycles. The number of alkyl halides is 3. The van der Waals surface area contributed by atoms with E-state index in [2.05, 4.69) is 4.74 Å². The first-order valence-electron chi connectivity index (χ1n) is 6.67. The lowest BCUT2D eigenvalue weighted by Gasteiger charge is -2.29. The highest BCUT2D eigenvalue weighted by atomic mass is 32.2. The summed E-state index contributed by atoms with van der Waals surface area (Å²) in [5.41, 5.74) is -5.45. The van der Waals surface area contributed by atoms with Crippen molar-refractivity contribution in [3.63, 3.8) is 0 Å². The van der Waals surface area contributed by atoms with Gasteiger partial charge in [0.15, 0.2) is 0 Å². The molecule has 146 valence electrons. The molecule has 1 aliphatic rings. The van der Waals surface area contributed by atoms with Gasteiger partial charge >= 0.3 is 21.6 Å². The lowest BCUT2D eigenvalue weighted by Crippen LogP contribution is -2.35. The van der Waals surface area contributed by atoms with Gasteiger partial charge in [0.25, 0.3) is 0 Å². The first-order chi connectivity index (χ1) is 11.3. The van der Waals surface area contributed by atoms with Gasteiger partial charge in [-0.25, -0.2) is 0 Å². The lowest BCUT2D eigenvalue weighted by atomic mass is 10.4. The van der Waals surface area contributed by atoms with Crippen molar-refractivity contribution < 1.29 is 40.5 Å². The van der Waals surface area contributed by atoms with Crippen molar-refractivity contribution in [1.29, 1.82) is 0 Å². The number of methoxy groups -OCH3 is 1. The molecule has 0 aromatic heterocycles. The predicted molar refractivity (Wildman–Crippen MR) is 84.8 cm³/mol. The Morgan fingerprint density at radius 2 is 1.84 bits per heavy atom. The summed E-state index contributed by atoms with van der Waals surface area (Å²) in [5.74, 6) is 0.414. The minimum Gasteiger partial charge on any atom is -0.469 e. The van der Waals surface area contributed by atoms with Gasteiger partial charge in [0.1, 0.15) is 11.3 Å². The maximum absolute atomic E-state index is 11.1. The van der Waals surface area contributed by atoms with Gasteiger partial charge in [0.05, 0.1) is 19.3 Å². The van der Waals surface area contributed by atoms with Crippen LogP contribution in [0.5, 0.6) is 0 Å². The molecule has 0 bridgehead atoms. The zero-order valence-corrected chi connectivity index (χ0v) is 15.3. The van der Waals surface area contributed by atoms with Crippen LogP contribution in [0, 0.1) is 0 Å². The van der Waals surface area contributed by atoms with E-state index in [4.69, 9.17) is 13.0 Å². The summed E-state index contributed by atoms with van der Waals surface area (Å²) in [6, 6.07) is 0. The van der Waals surface area contributed by atoms with Gasteiger partial charge in [-0.15, -0.1) is 11.8 Å². The molecule has 0 aromatic carbocycles. The number of nitrogens with zero attached hydrogens (tertiary/aromatic N) is 2. The van der Waals surface area contributed by atoms with E-state index in [1.165, 1.54) is 7.11 Å². The number of rotatable bonds is 6. The standard InChI is InChI=1S/C11H18N2O3S.CHF3O3S/c1-9(14)8-17-11-12(2)6-7-13(11)5-4-10(15)16-3;2-1(3,4)8(5,6)7/h6-7,11H,4-5,8H2,1-3H3;(H,5,6,7). The molecule has 0 saturated heterocycles. The van der Waals surface area contributed by atoms with E-state index in [0.717, 1.165) is 0 Å². The minimum absolute atomic E-state index is 0.0866. The number of Topliss-reactive ketones (excluding diaryl/α,β-unsaturated/α-hetero) is 1. The zero-order valence-electron chi connectivity index (χ0n) is 13.7. The van der Waals surface area contributed by atoms with Crippen LogP contribution in [0.15, 0.2) is 12.4 Å². The van der Waals surface area contributed by atoms with Gasteiger partial charge < -0.3 is 14.5 Å². The average molecular weight is 408 g/mol. The van der Waals surface area contributed by atoms with Crippen LogP contribution in [0.25, 0.3) is 0 Å². The fourth-order valence-corrected chi connectivity index (χ4v) is 2.54. The largest absolute Gasteiger partial charge is 0.522 e. The SMILES string of the molecule is COC(=O)CCN1C=CN(C)C1SCC(C)=O.O=S(=O)(O)C(F)(F)F. The molecule has 0 aromatic rings. The summed E-state index contributed by atoms with van der Waals surface area (Å²) >= 11 is 1.56. The first kappa shape index (κ1) is 23.5. The van der Waals surface area contributed by atoms with Crippen molar-refractivity contribution in [1.82, 2.24) is 9.80 Å². The smallest absolute Gasteiger partial charge is 0.469 e. The Balaban J connectivity index is 0.000000609. The highest BCUT2D eigenvalue weighted by molar-refractivity contribution is 8.00. The highest BCUT2D eigenvalue weighted by Gasteiger charge is 2.44. The third kappa shape index (κ3) is 8.97. The van der Waals surface area contributed by atoms with Crippen LogP contribution in [-0.4, -0.2) is 72.0 Å². The third-order valence-electron chi connectivity index (χ3n) is 2.66. The van der Waals surface area contributed by atoms with Crippen LogP contribution in [0.4, 0.5) is 13.2 Å². The normalized spacial score (nSPS) is 17.2. The Kier molecular flexibility index (Phi) is 9.29. The van der Waals surface area contributed by atoms with E-state index in [9.17, 15) is 22.8 Å². The summed E-state index contributed by atoms with van der Waals surface area (Å²) in [6.07, 6.45) is 4.22. The fourth-order valence-electron chi connectivity index (χ4n) is 1.48. The van der Waals surface area contributed by atoms with Crippen LogP contribution in [0.2, 0.25) is 0 Å². The van der Waals surface area contributed by atoms with E-state index < -0.39 is 15.6 Å². The van der Waals surface area contributed by atoms with Gasteiger partial charge in [-0.3, -0.25) is 14.1 Å². The highest BCUT2D eigenvalue weighted by Crippen LogP contribution is 2.24. The van der Waals surface area contributed by atoms with Crippen LogP contribution < -0.4 is 0 Å². The summed E-state index contributed by atoms with van der Waals surface area (Å²) in [5, 5.41) is 0. The maximum Gasteiger partial charge on any atom is 0.522 e. The van der Waals surface area contributed by atoms with Crippen LogP contribution in [-0.2, 0) is 24.4 Å². The average Bonchev–Trinajstić information content (AvgIpc) is 2.81. The molecular weight excluding hydrogens is 389 g/mol. The van der Waals surface area contributed by atoms with Crippen molar-refractivity contribution in [3.8, 4) is 0 Å². The molecule has 0 spiro atoms. The molecule has 1 N–H and O–H groups in total. The van der Waals surface area contributed by atoms with Gasteiger partial charge in [-0.2, -0.15) is 21.6 Å². The summed E-state index contributed by atoms with van der Waals surface area (Å²) in [6.45, 7) is 2.18. The molecule has 13 heteroatoms. The lowest BCUT2D eigenvalue weighted by molar-refractivity contribution is -0.140. The number of ketones is 1. The Morgan fingerprint density at radius 3 is 2.24 bits per heavy atom. The molecule has 1 atom stereocenters. The number of halogens is 3. The van der Waals surface area contributed by atoms with E-state index in [1.54, 1.807) is 18.7 Å². The molecule has 0 fully saturated rings. The Bertz CT molecular complexity index is 594. The Labute approximate surface area is 147 Å². The summed E-state index contributed by atoms with van der Waals surface area (Å²) < 4.78 is 62.1. The number of ether oxygens (including phenoxy) is 1. The third-order valence-corrected chi connectivity index (χ3v) is 4.71. The van der Waals surface area contributed by atoms with Crippen molar-refractivity contribution in [2.75, 3.05) is 26.5 Å². The number of hydrogen-bond donors (Lipinski definition) is 1. The molecule has 0 aliphatic carbocycles. The van der Waals surface area contributed by atoms with Crippen molar-refractivity contribution >= 4 is 33.6 Å². The van der Waals surface area contributed by atoms with Crippen molar-refractivity contribution in [2.45, 2.75) is 24.4 Å². The quantitative estimate of drug-likeness (QED) is 0.395. The van der Waals surface area contributed by atoms with Crippen molar-refractivity contribution in [3.05, 3.63) is 12.4 Å². The first-order valence-corrected chi connectivity index (χ1v) is 9.16. The van der Waals surface area contributed by atoms with Gasteiger partial charge in [-0.1, -0.05) is 0 Å². The Hall–Kier alpha value is -1.47. The molecular formula is C12H19F3N2O6S2. The van der Waals surface area contributed by atoms with Gasteiger partial charge in [-0.05, 0) is 6.92 Å². The molecule has 8 nitrogen and oxygen atoms in total. The topological polar surface area (TPSA) is 104 Å². The number of carbonyl (C=O) groups is 2. The van der Waals surface area contributed by atoms with Crippen LogP contribution in [0.1, 0.15) is 13.3 Å². The molecule has 1 rings (SSSR count). The van der Waals surface area contributed by atoms with Gasteiger partial charge in [0.2, 0.25) is 0 Å². The molecule has 0 saturated carbocycles. The molecule has 1 unspecified atom stereocenters. The van der Waals surface area contributed by atoms with Gasteiger partial charge in [0, 0.05) is 26.0 Å². The molecule has 25 heavy (non-hydrogen) atoms. The van der Waals surface area contributed by atoms with Crippen LogP contribution in [0.3, 0.4) is 0 Å². The predicted octanol–water partition coefficient (Wildman–Crippen LogP) is 1.27. The number of thioether (sulfide) groups is 1. The van der Waals surface area contributed by atoms with E-state index >= 15 is 0 Å². The van der Waals surface area contributed by atoms with Crippen LogP contribution >= 0.6 is 11.8 Å². The van der Waals surface area contributed by atoms with Crippen molar-refractivity contribution in [2.24, 2.45) is 0 Å². The number of hydrogen-bond acceptors (Lipinski definition) is 8. The maximum atomic E-state index is 11.1. The zero-order chi connectivity index (χ0) is 19.8. The van der Waals surface area contributed by atoms with E-state index in [0.29, 0.717) is 18.7 Å². The second kappa shape index (κ2) is 9.87. The number of esters is 1. The van der Waals surface area contributed by atoms with E-state index in [-0.39, 0.29) is 17.3 Å². The van der Waals surface area contributed by atoms with E-state index in [1.807, 2.05) is 29.2 Å². The summed E-state index contributed by atoms with van der Waals surface area (Å²) in [4.78, 5) is 26.1. The second-order valence-corrected chi connectivity index (χ2v) is 7.24. The molecule has 0 radical (unpaired) electrons. The number of carbonyl (C=O) groups excluding carboxylic acids is 2.